The highest BCUT2D eigenvalue weighted by molar-refractivity contribution is 7.92. The van der Waals surface area contributed by atoms with Crippen molar-refractivity contribution in [1.82, 2.24) is 9.21 Å². The Bertz CT molecular complexity index is 805. The minimum absolute atomic E-state index is 0.0679. The molecule has 0 N–H and O–H groups in total. The van der Waals surface area contributed by atoms with E-state index in [4.69, 9.17) is 4.74 Å². The third-order valence-electron chi connectivity index (χ3n) is 5.12. The smallest absolute Gasteiger partial charge is 0.218 e. The number of morpholine rings is 1. The van der Waals surface area contributed by atoms with Crippen LogP contribution in [0.2, 0.25) is 0 Å². The van der Waals surface area contributed by atoms with Gasteiger partial charge in [0.2, 0.25) is 10.0 Å². The zero-order chi connectivity index (χ0) is 19.3. The first-order valence-corrected chi connectivity index (χ1v) is 12.8. The third-order valence-corrected chi connectivity index (χ3v) is 8.77. The van der Waals surface area contributed by atoms with Crippen LogP contribution in [-0.2, 0) is 30.4 Å². The van der Waals surface area contributed by atoms with Gasteiger partial charge in [0.1, 0.15) is 0 Å². The molecule has 1 atom stereocenters. The quantitative estimate of drug-likeness (QED) is 0.621. The number of ether oxygens (including phenoxy) is 1. The van der Waals surface area contributed by atoms with Gasteiger partial charge in [0, 0.05) is 25.7 Å². The van der Waals surface area contributed by atoms with Crippen LogP contribution in [0.4, 0.5) is 0 Å². The average molecular weight is 417 g/mol. The van der Waals surface area contributed by atoms with E-state index in [1.54, 1.807) is 12.1 Å². The molecule has 0 radical (unpaired) electrons. The molecular weight excluding hydrogens is 388 g/mol. The van der Waals surface area contributed by atoms with Crippen LogP contribution < -0.4 is 0 Å². The van der Waals surface area contributed by atoms with Crippen molar-refractivity contribution in [2.75, 3.05) is 50.9 Å². The molecule has 2 heterocycles. The normalized spacial score (nSPS) is 23.7. The van der Waals surface area contributed by atoms with Crippen molar-refractivity contribution in [2.45, 2.75) is 24.6 Å². The molecule has 0 aromatic heterocycles. The highest BCUT2D eigenvalue weighted by Gasteiger charge is 2.37. The summed E-state index contributed by atoms with van der Waals surface area (Å²) in [5, 5.41) is 0. The summed E-state index contributed by atoms with van der Waals surface area (Å²) < 4.78 is 56.8. The maximum absolute atomic E-state index is 13.1. The van der Waals surface area contributed by atoms with E-state index < -0.39 is 25.9 Å². The van der Waals surface area contributed by atoms with Gasteiger partial charge < -0.3 is 4.74 Å². The van der Waals surface area contributed by atoms with Gasteiger partial charge >= 0.3 is 0 Å². The molecule has 0 spiro atoms. The number of rotatable bonds is 8. The molecule has 2 saturated heterocycles. The zero-order valence-corrected chi connectivity index (χ0v) is 17.1. The van der Waals surface area contributed by atoms with Crippen molar-refractivity contribution >= 4 is 19.9 Å². The summed E-state index contributed by atoms with van der Waals surface area (Å²) in [6, 6.07) is 8.60. The molecule has 7 nitrogen and oxygen atoms in total. The molecule has 1 unspecified atom stereocenters. The van der Waals surface area contributed by atoms with Crippen molar-refractivity contribution < 1.29 is 21.6 Å². The van der Waals surface area contributed by atoms with Gasteiger partial charge in [0.05, 0.1) is 30.5 Å². The fraction of sp³-hybridized carbons (Fsp3) is 0.667. The molecule has 2 aliphatic rings. The molecular formula is C18H28N2O5S2. The van der Waals surface area contributed by atoms with Gasteiger partial charge in [0.15, 0.2) is 9.84 Å². The van der Waals surface area contributed by atoms with E-state index in [9.17, 15) is 16.8 Å². The lowest BCUT2D eigenvalue weighted by atomic mass is 10.2. The summed E-state index contributed by atoms with van der Waals surface area (Å²) in [7, 11) is -6.74. The summed E-state index contributed by atoms with van der Waals surface area (Å²) in [4.78, 5) is 2.26. The second-order valence-corrected chi connectivity index (χ2v) is 11.4. The predicted molar refractivity (Wildman–Crippen MR) is 105 cm³/mol. The lowest BCUT2D eigenvalue weighted by Gasteiger charge is -2.30. The van der Waals surface area contributed by atoms with Gasteiger partial charge in [-0.15, -0.1) is 0 Å². The summed E-state index contributed by atoms with van der Waals surface area (Å²) >= 11 is 0. The van der Waals surface area contributed by atoms with Crippen molar-refractivity contribution in [3.05, 3.63) is 35.9 Å². The Balaban J connectivity index is 1.68. The van der Waals surface area contributed by atoms with Gasteiger partial charge in [-0.2, -0.15) is 4.31 Å². The molecule has 1 aromatic carbocycles. The first-order chi connectivity index (χ1) is 12.9. The fourth-order valence-electron chi connectivity index (χ4n) is 3.69. The number of nitrogens with zero attached hydrogens (tertiary/aromatic N) is 2. The molecule has 0 saturated carbocycles. The molecule has 152 valence electrons. The van der Waals surface area contributed by atoms with Crippen LogP contribution >= 0.6 is 0 Å². The number of sulfonamides is 1. The number of sulfone groups is 1. The van der Waals surface area contributed by atoms with Gasteiger partial charge in [-0.1, -0.05) is 30.3 Å². The summed E-state index contributed by atoms with van der Waals surface area (Å²) in [6.45, 7) is 4.27. The zero-order valence-electron chi connectivity index (χ0n) is 15.5. The largest absolute Gasteiger partial charge is 0.379 e. The molecule has 1 aromatic rings. The molecule has 3 rings (SSSR count). The first kappa shape index (κ1) is 20.7. The van der Waals surface area contributed by atoms with Crippen LogP contribution in [0.15, 0.2) is 30.3 Å². The Labute approximate surface area is 162 Å². The van der Waals surface area contributed by atoms with E-state index >= 15 is 0 Å². The maximum atomic E-state index is 13.1. The Morgan fingerprint density at radius 2 is 1.85 bits per heavy atom. The molecule has 0 aliphatic carbocycles. The van der Waals surface area contributed by atoms with Crippen molar-refractivity contribution in [2.24, 2.45) is 0 Å². The second kappa shape index (κ2) is 9.00. The second-order valence-electron chi connectivity index (χ2n) is 7.22. The van der Waals surface area contributed by atoms with Crippen LogP contribution in [0.25, 0.3) is 0 Å². The monoisotopic (exact) mass is 416 g/mol. The molecule has 2 aliphatic heterocycles. The van der Waals surface area contributed by atoms with E-state index in [0.29, 0.717) is 32.6 Å². The third kappa shape index (κ3) is 5.99. The molecule has 0 bridgehead atoms. The Morgan fingerprint density at radius 1 is 1.15 bits per heavy atom. The minimum atomic E-state index is -3.59. The van der Waals surface area contributed by atoms with Crippen LogP contribution in [0.1, 0.15) is 18.4 Å². The van der Waals surface area contributed by atoms with Gasteiger partial charge in [-0.3, -0.25) is 4.90 Å². The first-order valence-electron chi connectivity index (χ1n) is 9.40. The maximum Gasteiger partial charge on any atom is 0.218 e. The Kier molecular flexibility index (Phi) is 6.91. The number of hydrogen-bond acceptors (Lipinski definition) is 6. The average Bonchev–Trinajstić information content (AvgIpc) is 2.99. The minimum Gasteiger partial charge on any atom is -0.379 e. The summed E-state index contributed by atoms with van der Waals surface area (Å²) in [5.41, 5.74) is 0.719. The molecule has 2 fully saturated rings. The Hall–Kier alpha value is -1.00. The van der Waals surface area contributed by atoms with E-state index in [1.165, 1.54) is 4.31 Å². The van der Waals surface area contributed by atoms with Crippen molar-refractivity contribution in [3.63, 3.8) is 0 Å². The van der Waals surface area contributed by atoms with Crippen LogP contribution in [-0.4, -0.2) is 83.0 Å². The topological polar surface area (TPSA) is 84.0 Å². The van der Waals surface area contributed by atoms with Gasteiger partial charge in [-0.25, -0.2) is 16.8 Å². The van der Waals surface area contributed by atoms with Crippen molar-refractivity contribution in [3.8, 4) is 0 Å². The SMILES string of the molecule is O=S1(=O)CCC(N(CCCN2CCOCC2)S(=O)(=O)Cc2ccccc2)C1. The van der Waals surface area contributed by atoms with Crippen LogP contribution in [0.3, 0.4) is 0 Å². The lowest BCUT2D eigenvalue weighted by molar-refractivity contribution is 0.0367. The molecule has 27 heavy (non-hydrogen) atoms. The van der Waals surface area contributed by atoms with E-state index in [0.717, 1.165) is 25.2 Å². The lowest BCUT2D eigenvalue weighted by Crippen LogP contribution is -2.44. The standard InChI is InChI=1S/C18H28N2O5S2/c21-26(22)14-7-18(16-26)20(9-4-8-19-10-12-25-13-11-19)27(23,24)15-17-5-2-1-3-6-17/h1-3,5-6,18H,4,7-16H2. The summed E-state index contributed by atoms with van der Waals surface area (Å²) in [6.07, 6.45) is 1.07. The highest BCUT2D eigenvalue weighted by Crippen LogP contribution is 2.23. The van der Waals surface area contributed by atoms with E-state index in [-0.39, 0.29) is 17.3 Å². The summed E-state index contributed by atoms with van der Waals surface area (Å²) in [5.74, 6) is -0.0982. The van der Waals surface area contributed by atoms with Gasteiger partial charge in [-0.05, 0) is 24.9 Å². The van der Waals surface area contributed by atoms with Crippen molar-refractivity contribution in [1.29, 1.82) is 0 Å². The molecule has 9 heteroatoms. The van der Waals surface area contributed by atoms with E-state index in [1.807, 2.05) is 18.2 Å². The van der Waals surface area contributed by atoms with E-state index in [2.05, 4.69) is 4.90 Å². The predicted octanol–water partition coefficient (Wildman–Crippen LogP) is 0.728. The van der Waals surface area contributed by atoms with Gasteiger partial charge in [0.25, 0.3) is 0 Å². The van der Waals surface area contributed by atoms with Crippen LogP contribution in [0, 0.1) is 0 Å². The number of hydrogen-bond donors (Lipinski definition) is 0. The van der Waals surface area contributed by atoms with Crippen LogP contribution in [0.5, 0.6) is 0 Å². The number of benzene rings is 1. The Morgan fingerprint density at radius 3 is 2.48 bits per heavy atom. The fourth-order valence-corrected chi connectivity index (χ4v) is 7.34. The highest BCUT2D eigenvalue weighted by atomic mass is 32.2. The molecule has 0 amide bonds.